The van der Waals surface area contributed by atoms with E-state index in [1.165, 1.54) is 0 Å². The highest BCUT2D eigenvalue weighted by Crippen LogP contribution is 2.27. The van der Waals surface area contributed by atoms with Crippen LogP contribution in [0.5, 0.6) is 5.75 Å². The minimum Gasteiger partial charge on any atom is -0.497 e. The number of rotatable bonds is 6. The zero-order valence-corrected chi connectivity index (χ0v) is 15.5. The number of hydrogen-bond donors (Lipinski definition) is 1. The fraction of sp³-hybridized carbons (Fsp3) is 0.190. The number of amides is 1. The molecule has 0 aliphatic carbocycles. The van der Waals surface area contributed by atoms with Crippen LogP contribution in [0, 0.1) is 6.92 Å². The Kier molecular flexibility index (Phi) is 5.64. The van der Waals surface area contributed by atoms with Gasteiger partial charge in [0.2, 0.25) is 5.91 Å². The van der Waals surface area contributed by atoms with Gasteiger partial charge >= 0.3 is 0 Å². The molecule has 1 N–H and O–H groups in total. The van der Waals surface area contributed by atoms with E-state index >= 15 is 0 Å². The third-order valence-corrected chi connectivity index (χ3v) is 4.55. The van der Waals surface area contributed by atoms with Crippen LogP contribution < -0.4 is 10.1 Å². The van der Waals surface area contributed by atoms with Gasteiger partial charge in [0, 0.05) is 23.1 Å². The Morgan fingerprint density at radius 1 is 1.15 bits per heavy atom. The Hall–Kier alpha value is -2.72. The number of aryl methyl sites for hydroxylation is 1. The summed E-state index contributed by atoms with van der Waals surface area (Å²) in [6.07, 6.45) is 4.22. The van der Waals surface area contributed by atoms with Crippen molar-refractivity contribution in [3.05, 3.63) is 83.1 Å². The summed E-state index contributed by atoms with van der Waals surface area (Å²) >= 11 is 6.05. The molecule has 0 bridgehead atoms. The number of anilines is 1. The van der Waals surface area contributed by atoms with Crippen LogP contribution in [0.2, 0.25) is 5.02 Å². The molecular formula is C21H21ClN2O2. The first kappa shape index (κ1) is 18.1. The molecule has 0 fully saturated rings. The number of hydrogen-bond acceptors (Lipinski definition) is 2. The summed E-state index contributed by atoms with van der Waals surface area (Å²) in [5.74, 6) is 0.697. The molecule has 0 spiro atoms. The number of aromatic nitrogens is 1. The van der Waals surface area contributed by atoms with E-state index in [2.05, 4.69) is 5.32 Å². The van der Waals surface area contributed by atoms with Gasteiger partial charge in [0.15, 0.2) is 0 Å². The molecule has 134 valence electrons. The normalized spacial score (nSPS) is 11.8. The van der Waals surface area contributed by atoms with Crippen LogP contribution in [0.1, 0.15) is 23.6 Å². The summed E-state index contributed by atoms with van der Waals surface area (Å²) in [7, 11) is 1.64. The van der Waals surface area contributed by atoms with Gasteiger partial charge in [-0.05, 0) is 54.4 Å². The van der Waals surface area contributed by atoms with Crippen LogP contribution in [0.25, 0.3) is 0 Å². The first-order chi connectivity index (χ1) is 12.6. The SMILES string of the molecule is COc1cccc([C@@H](CC(=O)Nc2cc(Cl)ccc2C)n2cccc2)c1. The molecule has 1 amide bonds. The maximum atomic E-state index is 12.7. The van der Waals surface area contributed by atoms with E-state index in [1.54, 1.807) is 13.2 Å². The van der Waals surface area contributed by atoms with Gasteiger partial charge in [-0.1, -0.05) is 29.8 Å². The lowest BCUT2D eigenvalue weighted by Crippen LogP contribution is -2.20. The first-order valence-corrected chi connectivity index (χ1v) is 8.77. The zero-order chi connectivity index (χ0) is 18.5. The first-order valence-electron chi connectivity index (χ1n) is 8.39. The molecule has 1 aromatic heterocycles. The number of nitrogens with one attached hydrogen (secondary N) is 1. The van der Waals surface area contributed by atoms with E-state index in [1.807, 2.05) is 72.4 Å². The lowest BCUT2D eigenvalue weighted by atomic mass is 10.0. The number of methoxy groups -OCH3 is 1. The summed E-state index contributed by atoms with van der Waals surface area (Å²) in [5, 5.41) is 3.57. The maximum Gasteiger partial charge on any atom is 0.226 e. The third-order valence-electron chi connectivity index (χ3n) is 4.32. The minimum atomic E-state index is -0.125. The van der Waals surface area contributed by atoms with Crippen LogP contribution in [-0.2, 0) is 4.79 Å². The number of nitrogens with zero attached hydrogens (tertiary/aromatic N) is 1. The lowest BCUT2D eigenvalue weighted by molar-refractivity contribution is -0.116. The van der Waals surface area contributed by atoms with Gasteiger partial charge in [-0.15, -0.1) is 0 Å². The summed E-state index contributed by atoms with van der Waals surface area (Å²) in [5.41, 5.74) is 2.72. The standard InChI is InChI=1S/C21H21ClN2O2/c1-15-8-9-17(22)13-19(15)23-21(25)14-20(24-10-3-4-11-24)16-6-5-7-18(12-16)26-2/h3-13,20H,14H2,1-2H3,(H,23,25)/t20-/m1/s1. The van der Waals surface area contributed by atoms with E-state index in [9.17, 15) is 4.79 Å². The number of carbonyl (C=O) groups is 1. The summed E-state index contributed by atoms with van der Waals surface area (Å²) in [6.45, 7) is 1.94. The van der Waals surface area contributed by atoms with Crippen molar-refractivity contribution in [3.8, 4) is 5.75 Å². The molecule has 3 aromatic rings. The van der Waals surface area contributed by atoms with Crippen molar-refractivity contribution in [3.63, 3.8) is 0 Å². The highest BCUT2D eigenvalue weighted by molar-refractivity contribution is 6.31. The highest BCUT2D eigenvalue weighted by atomic mass is 35.5. The lowest BCUT2D eigenvalue weighted by Gasteiger charge is -2.20. The van der Waals surface area contributed by atoms with Crippen molar-refractivity contribution >= 4 is 23.2 Å². The molecule has 0 unspecified atom stereocenters. The Balaban J connectivity index is 1.84. The fourth-order valence-electron chi connectivity index (χ4n) is 2.91. The average molecular weight is 369 g/mol. The fourth-order valence-corrected chi connectivity index (χ4v) is 3.08. The van der Waals surface area contributed by atoms with E-state index in [0.29, 0.717) is 11.4 Å². The Labute approximate surface area is 158 Å². The number of benzene rings is 2. The third kappa shape index (κ3) is 4.27. The quantitative estimate of drug-likeness (QED) is 0.659. The number of ether oxygens (including phenoxy) is 1. The van der Waals surface area contributed by atoms with Gasteiger partial charge in [0.1, 0.15) is 5.75 Å². The van der Waals surface area contributed by atoms with Crippen LogP contribution in [-0.4, -0.2) is 17.6 Å². The maximum absolute atomic E-state index is 12.7. The number of carbonyl (C=O) groups excluding carboxylic acids is 1. The van der Waals surface area contributed by atoms with Gasteiger partial charge < -0.3 is 14.6 Å². The molecule has 0 saturated carbocycles. The molecule has 0 saturated heterocycles. The zero-order valence-electron chi connectivity index (χ0n) is 14.8. The van der Waals surface area contributed by atoms with Crippen molar-refractivity contribution in [2.45, 2.75) is 19.4 Å². The average Bonchev–Trinajstić information content (AvgIpc) is 3.17. The molecule has 26 heavy (non-hydrogen) atoms. The molecule has 0 aliphatic rings. The number of halogens is 1. The summed E-state index contributed by atoms with van der Waals surface area (Å²) in [4.78, 5) is 12.7. The largest absolute Gasteiger partial charge is 0.497 e. The Morgan fingerprint density at radius 2 is 1.92 bits per heavy atom. The van der Waals surface area contributed by atoms with Gasteiger partial charge in [-0.25, -0.2) is 0 Å². The van der Waals surface area contributed by atoms with Crippen LogP contribution >= 0.6 is 11.6 Å². The second kappa shape index (κ2) is 8.11. The smallest absolute Gasteiger partial charge is 0.226 e. The van der Waals surface area contributed by atoms with Crippen molar-refractivity contribution in [2.75, 3.05) is 12.4 Å². The van der Waals surface area contributed by atoms with Gasteiger partial charge in [-0.2, -0.15) is 0 Å². The molecule has 2 aromatic carbocycles. The van der Waals surface area contributed by atoms with Gasteiger partial charge in [0.25, 0.3) is 0 Å². The Bertz CT molecular complexity index is 891. The molecule has 1 atom stereocenters. The van der Waals surface area contributed by atoms with Crippen LogP contribution in [0.3, 0.4) is 0 Å². The molecule has 4 nitrogen and oxygen atoms in total. The molecule has 3 rings (SSSR count). The van der Waals surface area contributed by atoms with Crippen LogP contribution in [0.15, 0.2) is 67.0 Å². The predicted octanol–water partition coefficient (Wildman–Crippen LogP) is 5.08. The van der Waals surface area contributed by atoms with Crippen molar-refractivity contribution in [1.29, 1.82) is 0 Å². The molecule has 0 radical (unpaired) electrons. The van der Waals surface area contributed by atoms with Crippen LogP contribution in [0.4, 0.5) is 5.69 Å². The second-order valence-electron chi connectivity index (χ2n) is 6.13. The predicted molar refractivity (Wildman–Crippen MR) is 105 cm³/mol. The monoisotopic (exact) mass is 368 g/mol. The van der Waals surface area contributed by atoms with Crippen molar-refractivity contribution in [1.82, 2.24) is 4.57 Å². The van der Waals surface area contributed by atoms with E-state index < -0.39 is 0 Å². The molecule has 5 heteroatoms. The molecular weight excluding hydrogens is 348 g/mol. The summed E-state index contributed by atoms with van der Waals surface area (Å²) in [6, 6.07) is 17.0. The Morgan fingerprint density at radius 3 is 2.65 bits per heavy atom. The summed E-state index contributed by atoms with van der Waals surface area (Å²) < 4.78 is 7.35. The van der Waals surface area contributed by atoms with Gasteiger partial charge in [0.05, 0.1) is 19.6 Å². The highest BCUT2D eigenvalue weighted by Gasteiger charge is 2.18. The topological polar surface area (TPSA) is 43.3 Å². The second-order valence-corrected chi connectivity index (χ2v) is 6.57. The van der Waals surface area contributed by atoms with E-state index in [0.717, 1.165) is 22.6 Å². The minimum absolute atomic E-state index is 0.0723. The van der Waals surface area contributed by atoms with Gasteiger partial charge in [-0.3, -0.25) is 4.79 Å². The molecule has 0 aliphatic heterocycles. The van der Waals surface area contributed by atoms with Crippen molar-refractivity contribution < 1.29 is 9.53 Å². The van der Waals surface area contributed by atoms with Crippen molar-refractivity contribution in [2.24, 2.45) is 0 Å². The molecule has 1 heterocycles. The van der Waals surface area contributed by atoms with E-state index in [4.69, 9.17) is 16.3 Å². The van der Waals surface area contributed by atoms with E-state index in [-0.39, 0.29) is 11.9 Å².